The van der Waals surface area contributed by atoms with Crippen LogP contribution in [0.4, 0.5) is 0 Å². The van der Waals surface area contributed by atoms with E-state index in [0.29, 0.717) is 0 Å². The van der Waals surface area contributed by atoms with E-state index in [-0.39, 0.29) is 6.10 Å². The molecule has 0 saturated heterocycles. The van der Waals surface area contributed by atoms with Crippen molar-refractivity contribution in [2.45, 2.75) is 12.5 Å². The summed E-state index contributed by atoms with van der Waals surface area (Å²) in [5.41, 5.74) is 1.29. The lowest BCUT2D eigenvalue weighted by Crippen LogP contribution is -2.32. The molecular formula is C15H23BrN2O2. The van der Waals surface area contributed by atoms with Crippen molar-refractivity contribution in [1.82, 2.24) is 10.2 Å². The molecule has 0 bridgehead atoms. The first-order valence-corrected chi connectivity index (χ1v) is 7.83. The summed E-state index contributed by atoms with van der Waals surface area (Å²) in [7, 11) is 4.10. The van der Waals surface area contributed by atoms with Crippen LogP contribution in [0.15, 0.2) is 22.7 Å². The first kappa shape index (κ1) is 15.8. The van der Waals surface area contributed by atoms with Gasteiger partial charge in [-0.3, -0.25) is 0 Å². The molecule has 0 spiro atoms. The predicted molar refractivity (Wildman–Crippen MR) is 84.5 cm³/mol. The number of ether oxygens (including phenoxy) is 2. The summed E-state index contributed by atoms with van der Waals surface area (Å²) >= 11 is 3.49. The summed E-state index contributed by atoms with van der Waals surface area (Å²) in [5, 5.41) is 3.39. The lowest BCUT2D eigenvalue weighted by molar-refractivity contribution is 0.117. The van der Waals surface area contributed by atoms with E-state index in [1.165, 1.54) is 5.56 Å². The zero-order valence-electron chi connectivity index (χ0n) is 12.2. The van der Waals surface area contributed by atoms with Crippen LogP contribution >= 0.6 is 15.9 Å². The zero-order valence-corrected chi connectivity index (χ0v) is 13.8. The molecule has 0 aromatic heterocycles. The number of likely N-dealkylation sites (N-methyl/N-ethyl adjacent to an activating group) is 1. The second kappa shape index (κ2) is 7.98. The van der Waals surface area contributed by atoms with Crippen LogP contribution < -0.4 is 10.1 Å². The van der Waals surface area contributed by atoms with Gasteiger partial charge >= 0.3 is 0 Å². The van der Waals surface area contributed by atoms with Gasteiger partial charge in [0.2, 0.25) is 0 Å². The summed E-state index contributed by atoms with van der Waals surface area (Å²) in [6.07, 6.45) is 1.21. The largest absolute Gasteiger partial charge is 0.488 e. The van der Waals surface area contributed by atoms with Gasteiger partial charge in [0.05, 0.1) is 13.2 Å². The highest BCUT2D eigenvalue weighted by molar-refractivity contribution is 9.10. The smallest absolute Gasteiger partial charge is 0.123 e. The fourth-order valence-electron chi connectivity index (χ4n) is 2.16. The molecule has 0 fully saturated rings. The molecule has 4 nitrogen and oxygen atoms in total. The topological polar surface area (TPSA) is 33.7 Å². The molecule has 1 aromatic rings. The van der Waals surface area contributed by atoms with Gasteiger partial charge in [0.1, 0.15) is 11.9 Å². The Kier molecular flexibility index (Phi) is 6.29. The van der Waals surface area contributed by atoms with Gasteiger partial charge in [0.25, 0.3) is 0 Å². The van der Waals surface area contributed by atoms with Gasteiger partial charge in [-0.15, -0.1) is 0 Å². The minimum absolute atomic E-state index is 0.237. The second-order valence-corrected chi connectivity index (χ2v) is 6.23. The van der Waals surface area contributed by atoms with Crippen molar-refractivity contribution in [3.05, 3.63) is 28.2 Å². The number of hydrogen-bond acceptors (Lipinski definition) is 4. The maximum atomic E-state index is 5.89. The number of hydrogen-bond donors (Lipinski definition) is 1. The van der Waals surface area contributed by atoms with Gasteiger partial charge in [-0.25, -0.2) is 0 Å². The highest BCUT2D eigenvalue weighted by atomic mass is 79.9. The number of fused-ring (bicyclic) bond motifs is 1. The average Bonchev–Trinajstić information content (AvgIpc) is 2.79. The van der Waals surface area contributed by atoms with Gasteiger partial charge in [0.15, 0.2) is 0 Å². The maximum absolute atomic E-state index is 5.89. The molecule has 0 radical (unpaired) electrons. The Morgan fingerprint density at radius 1 is 1.40 bits per heavy atom. The van der Waals surface area contributed by atoms with Crippen LogP contribution in [-0.4, -0.2) is 57.9 Å². The molecule has 112 valence electrons. The van der Waals surface area contributed by atoms with Crippen LogP contribution in [0.5, 0.6) is 5.75 Å². The molecule has 0 aliphatic carbocycles. The Bertz CT molecular complexity index is 426. The highest BCUT2D eigenvalue weighted by Gasteiger charge is 2.22. The summed E-state index contributed by atoms with van der Waals surface area (Å²) in [5.74, 6) is 1.02. The van der Waals surface area contributed by atoms with Crippen molar-refractivity contribution in [2.24, 2.45) is 0 Å². The number of nitrogens with one attached hydrogen (secondary N) is 1. The van der Waals surface area contributed by atoms with E-state index < -0.39 is 0 Å². The molecule has 5 heteroatoms. The monoisotopic (exact) mass is 342 g/mol. The van der Waals surface area contributed by atoms with Crippen LogP contribution in [0, 0.1) is 0 Å². The van der Waals surface area contributed by atoms with E-state index in [0.717, 1.165) is 49.5 Å². The Morgan fingerprint density at radius 2 is 2.25 bits per heavy atom. The summed E-state index contributed by atoms with van der Waals surface area (Å²) in [4.78, 5) is 2.12. The molecule has 2 rings (SSSR count). The molecule has 0 saturated carbocycles. The van der Waals surface area contributed by atoms with E-state index in [4.69, 9.17) is 9.47 Å². The molecule has 1 unspecified atom stereocenters. The van der Waals surface area contributed by atoms with Crippen LogP contribution in [0.1, 0.15) is 5.56 Å². The van der Waals surface area contributed by atoms with Crippen molar-refractivity contribution in [3.8, 4) is 5.75 Å². The number of benzene rings is 1. The molecular weight excluding hydrogens is 320 g/mol. The number of nitrogens with zero attached hydrogens (tertiary/aromatic N) is 1. The zero-order chi connectivity index (χ0) is 14.4. The molecule has 1 heterocycles. The highest BCUT2D eigenvalue weighted by Crippen LogP contribution is 2.30. The molecule has 1 N–H and O–H groups in total. The minimum Gasteiger partial charge on any atom is -0.488 e. The minimum atomic E-state index is 0.237. The fourth-order valence-corrected chi connectivity index (χ4v) is 2.57. The molecule has 1 aromatic carbocycles. The van der Waals surface area contributed by atoms with E-state index in [1.54, 1.807) is 0 Å². The molecule has 1 aliphatic rings. The Morgan fingerprint density at radius 3 is 3.05 bits per heavy atom. The summed E-state index contributed by atoms with van der Waals surface area (Å²) < 4.78 is 12.5. The Labute approximate surface area is 129 Å². The van der Waals surface area contributed by atoms with Crippen molar-refractivity contribution in [1.29, 1.82) is 0 Å². The average molecular weight is 343 g/mol. The second-order valence-electron chi connectivity index (χ2n) is 5.32. The van der Waals surface area contributed by atoms with Crippen molar-refractivity contribution in [3.63, 3.8) is 0 Å². The first-order chi connectivity index (χ1) is 9.65. The van der Waals surface area contributed by atoms with Crippen LogP contribution in [0.3, 0.4) is 0 Å². The SMILES string of the molecule is CN(C)CCOCCNCC1Cc2cc(Br)ccc2O1. The van der Waals surface area contributed by atoms with Crippen molar-refractivity contribution in [2.75, 3.05) is 46.9 Å². The van der Waals surface area contributed by atoms with E-state index in [9.17, 15) is 0 Å². The predicted octanol–water partition coefficient (Wildman–Crippen LogP) is 1.92. The van der Waals surface area contributed by atoms with Gasteiger partial charge in [-0.2, -0.15) is 0 Å². The van der Waals surface area contributed by atoms with Crippen LogP contribution in [0.25, 0.3) is 0 Å². The van der Waals surface area contributed by atoms with Crippen LogP contribution in [-0.2, 0) is 11.2 Å². The van der Waals surface area contributed by atoms with E-state index in [1.807, 2.05) is 12.1 Å². The summed E-state index contributed by atoms with van der Waals surface area (Å²) in [6.45, 7) is 4.24. The Balaban J connectivity index is 1.56. The quantitative estimate of drug-likeness (QED) is 0.732. The summed E-state index contributed by atoms with van der Waals surface area (Å²) in [6, 6.07) is 6.19. The Hall–Kier alpha value is -0.620. The van der Waals surface area contributed by atoms with Gasteiger partial charge in [-0.05, 0) is 37.9 Å². The van der Waals surface area contributed by atoms with E-state index in [2.05, 4.69) is 46.3 Å². The fraction of sp³-hybridized carbons (Fsp3) is 0.600. The molecule has 20 heavy (non-hydrogen) atoms. The normalized spacial score (nSPS) is 17.3. The third-order valence-electron chi connectivity index (χ3n) is 3.24. The van der Waals surface area contributed by atoms with Gasteiger partial charge in [-0.1, -0.05) is 15.9 Å². The molecule has 0 amide bonds. The van der Waals surface area contributed by atoms with E-state index >= 15 is 0 Å². The first-order valence-electron chi connectivity index (χ1n) is 7.03. The molecule has 1 atom stereocenters. The maximum Gasteiger partial charge on any atom is 0.123 e. The lowest BCUT2D eigenvalue weighted by atomic mass is 10.1. The van der Waals surface area contributed by atoms with Crippen LogP contribution in [0.2, 0.25) is 0 Å². The number of rotatable bonds is 8. The standard InChI is InChI=1S/C15H23BrN2O2/c1-18(2)6-8-19-7-5-17-11-14-10-12-9-13(16)3-4-15(12)20-14/h3-4,9,14,17H,5-8,10-11H2,1-2H3. The van der Waals surface area contributed by atoms with Gasteiger partial charge in [0, 0.05) is 30.5 Å². The van der Waals surface area contributed by atoms with Gasteiger partial charge < -0.3 is 19.7 Å². The van der Waals surface area contributed by atoms with Crippen molar-refractivity contribution < 1.29 is 9.47 Å². The lowest BCUT2D eigenvalue weighted by Gasteiger charge is -2.13. The molecule has 1 aliphatic heterocycles. The third-order valence-corrected chi connectivity index (χ3v) is 3.74. The van der Waals surface area contributed by atoms with Crippen molar-refractivity contribution >= 4 is 15.9 Å². The third kappa shape index (κ3) is 5.05. The number of halogens is 1.